The van der Waals surface area contributed by atoms with Gasteiger partial charge in [-0.3, -0.25) is 0 Å². The molecule has 3 rings (SSSR count). The molecule has 94 valence electrons. The quantitative estimate of drug-likeness (QED) is 0.541. The maximum Gasteiger partial charge on any atom is 0.0671 e. The molecular weight excluding hydrogens is 220 g/mol. The standard InChI is InChI=1S/C16H20N2/c1-3-13-11-7-10(2)9-16(13,18)14-5-4-6-15(17)12(14)8-11/h3-7,11H,8-9,17-18H2,1-2H3/t11-,16+/m0/s1. The number of nitrogen functional groups attached to an aromatic ring is 1. The summed E-state index contributed by atoms with van der Waals surface area (Å²) in [7, 11) is 0. The Morgan fingerprint density at radius 3 is 2.89 bits per heavy atom. The van der Waals surface area contributed by atoms with Crippen LogP contribution in [0.3, 0.4) is 0 Å². The van der Waals surface area contributed by atoms with E-state index in [1.807, 2.05) is 12.1 Å². The van der Waals surface area contributed by atoms with Crippen LogP contribution in [0.2, 0.25) is 0 Å². The van der Waals surface area contributed by atoms with Crippen LogP contribution in [0.1, 0.15) is 31.4 Å². The van der Waals surface area contributed by atoms with Gasteiger partial charge in [0.1, 0.15) is 0 Å². The summed E-state index contributed by atoms with van der Waals surface area (Å²) in [6.45, 7) is 4.27. The highest BCUT2D eigenvalue weighted by Gasteiger charge is 2.43. The highest BCUT2D eigenvalue weighted by molar-refractivity contribution is 5.60. The zero-order valence-electron chi connectivity index (χ0n) is 11.0. The van der Waals surface area contributed by atoms with Gasteiger partial charge in [0.05, 0.1) is 5.54 Å². The molecule has 0 heterocycles. The Hall–Kier alpha value is -1.54. The minimum Gasteiger partial charge on any atom is -0.398 e. The highest BCUT2D eigenvalue weighted by Crippen LogP contribution is 2.49. The van der Waals surface area contributed by atoms with Crippen molar-refractivity contribution in [1.29, 1.82) is 0 Å². The van der Waals surface area contributed by atoms with Gasteiger partial charge in [-0.05, 0) is 49.5 Å². The van der Waals surface area contributed by atoms with Gasteiger partial charge in [0.2, 0.25) is 0 Å². The van der Waals surface area contributed by atoms with Crippen LogP contribution in [-0.2, 0) is 12.0 Å². The molecule has 1 aromatic rings. The molecule has 0 radical (unpaired) electrons. The second-order valence-electron chi connectivity index (χ2n) is 5.59. The van der Waals surface area contributed by atoms with Gasteiger partial charge in [0.25, 0.3) is 0 Å². The highest BCUT2D eigenvalue weighted by atomic mass is 14.8. The summed E-state index contributed by atoms with van der Waals surface area (Å²) in [5.74, 6) is 0.422. The topological polar surface area (TPSA) is 52.0 Å². The minimum absolute atomic E-state index is 0.346. The van der Waals surface area contributed by atoms with Gasteiger partial charge in [-0.25, -0.2) is 0 Å². The van der Waals surface area contributed by atoms with Crippen LogP contribution in [0.5, 0.6) is 0 Å². The van der Waals surface area contributed by atoms with Gasteiger partial charge in [0.15, 0.2) is 0 Å². The van der Waals surface area contributed by atoms with Crippen LogP contribution in [-0.4, -0.2) is 0 Å². The summed E-state index contributed by atoms with van der Waals surface area (Å²) >= 11 is 0. The number of anilines is 1. The SMILES string of the molecule is CC=C1[C@H]2C=C(C)C[C@]1(N)c1cccc(N)c1C2. The summed E-state index contributed by atoms with van der Waals surface area (Å²) in [5.41, 5.74) is 18.6. The molecule has 4 N–H and O–H groups in total. The smallest absolute Gasteiger partial charge is 0.0671 e. The fourth-order valence-electron chi connectivity index (χ4n) is 3.73. The molecule has 1 aromatic carbocycles. The van der Waals surface area contributed by atoms with E-state index in [1.165, 1.54) is 22.3 Å². The predicted octanol–water partition coefficient (Wildman–Crippen LogP) is 2.89. The lowest BCUT2D eigenvalue weighted by Crippen LogP contribution is -2.47. The van der Waals surface area contributed by atoms with Crippen molar-refractivity contribution in [2.24, 2.45) is 11.7 Å². The third kappa shape index (κ3) is 1.39. The summed E-state index contributed by atoms with van der Waals surface area (Å²) in [6, 6.07) is 6.14. The van der Waals surface area contributed by atoms with Gasteiger partial charge in [-0.15, -0.1) is 0 Å². The Kier molecular flexibility index (Phi) is 2.39. The average molecular weight is 240 g/mol. The van der Waals surface area contributed by atoms with Crippen LogP contribution in [0.15, 0.2) is 41.5 Å². The molecule has 0 saturated heterocycles. The van der Waals surface area contributed by atoms with Crippen LogP contribution in [0.4, 0.5) is 5.69 Å². The van der Waals surface area contributed by atoms with Crippen LogP contribution < -0.4 is 11.5 Å². The summed E-state index contributed by atoms with van der Waals surface area (Å²) in [4.78, 5) is 0. The minimum atomic E-state index is -0.346. The Morgan fingerprint density at radius 2 is 2.17 bits per heavy atom. The lowest BCUT2D eigenvalue weighted by molar-refractivity contribution is 0.416. The molecule has 0 unspecified atom stereocenters. The number of allylic oxidation sites excluding steroid dienone is 2. The fraction of sp³-hybridized carbons (Fsp3) is 0.375. The van der Waals surface area contributed by atoms with E-state index in [4.69, 9.17) is 11.5 Å². The van der Waals surface area contributed by atoms with Crippen molar-refractivity contribution in [3.63, 3.8) is 0 Å². The van der Waals surface area contributed by atoms with Crippen molar-refractivity contribution in [3.05, 3.63) is 52.6 Å². The van der Waals surface area contributed by atoms with Crippen molar-refractivity contribution >= 4 is 5.69 Å². The second-order valence-corrected chi connectivity index (χ2v) is 5.59. The molecule has 18 heavy (non-hydrogen) atoms. The van der Waals surface area contributed by atoms with Crippen molar-refractivity contribution in [1.82, 2.24) is 0 Å². The van der Waals surface area contributed by atoms with E-state index < -0.39 is 0 Å². The first-order valence-corrected chi connectivity index (χ1v) is 6.57. The molecule has 0 spiro atoms. The molecule has 2 aliphatic rings. The molecule has 2 nitrogen and oxygen atoms in total. The van der Waals surface area contributed by atoms with Crippen molar-refractivity contribution in [3.8, 4) is 0 Å². The van der Waals surface area contributed by atoms with E-state index in [9.17, 15) is 0 Å². The zero-order chi connectivity index (χ0) is 12.9. The second kappa shape index (κ2) is 3.72. The molecule has 2 aliphatic carbocycles. The number of hydrogen-bond donors (Lipinski definition) is 2. The zero-order valence-corrected chi connectivity index (χ0v) is 11.0. The Bertz CT molecular complexity index is 568. The predicted molar refractivity (Wildman–Crippen MR) is 76.0 cm³/mol. The fourth-order valence-corrected chi connectivity index (χ4v) is 3.73. The average Bonchev–Trinajstić information content (AvgIpc) is 2.29. The first kappa shape index (κ1) is 11.5. The Balaban J connectivity index is 2.29. The van der Waals surface area contributed by atoms with Crippen molar-refractivity contribution < 1.29 is 0 Å². The van der Waals surface area contributed by atoms with E-state index in [0.717, 1.165) is 18.5 Å². The summed E-state index contributed by atoms with van der Waals surface area (Å²) in [6.07, 6.45) is 6.44. The molecular formula is C16H20N2. The maximum atomic E-state index is 6.76. The molecule has 2 atom stereocenters. The van der Waals surface area contributed by atoms with Crippen LogP contribution >= 0.6 is 0 Å². The van der Waals surface area contributed by atoms with Crippen LogP contribution in [0.25, 0.3) is 0 Å². The van der Waals surface area contributed by atoms with Gasteiger partial charge < -0.3 is 11.5 Å². The van der Waals surface area contributed by atoms with Crippen molar-refractivity contribution in [2.75, 3.05) is 5.73 Å². The Morgan fingerprint density at radius 1 is 1.39 bits per heavy atom. The molecule has 0 saturated carbocycles. The Labute approximate surface area is 108 Å². The number of benzene rings is 1. The van der Waals surface area contributed by atoms with Gasteiger partial charge in [-0.1, -0.05) is 29.9 Å². The maximum absolute atomic E-state index is 6.76. The summed E-state index contributed by atoms with van der Waals surface area (Å²) < 4.78 is 0. The van der Waals surface area contributed by atoms with E-state index in [2.05, 4.69) is 32.1 Å². The van der Waals surface area contributed by atoms with E-state index in [1.54, 1.807) is 0 Å². The molecule has 0 amide bonds. The third-order valence-corrected chi connectivity index (χ3v) is 4.39. The number of rotatable bonds is 0. The van der Waals surface area contributed by atoms with E-state index in [-0.39, 0.29) is 5.54 Å². The number of hydrogen-bond acceptors (Lipinski definition) is 2. The molecule has 0 fully saturated rings. The normalized spacial score (nSPS) is 32.1. The number of nitrogens with two attached hydrogens (primary N) is 2. The lowest BCUT2D eigenvalue weighted by Gasteiger charge is -2.46. The third-order valence-electron chi connectivity index (χ3n) is 4.39. The lowest BCUT2D eigenvalue weighted by atomic mass is 9.62. The van der Waals surface area contributed by atoms with Gasteiger partial charge >= 0.3 is 0 Å². The first-order chi connectivity index (χ1) is 8.56. The number of fused-ring (bicyclic) bond motifs is 4. The van der Waals surface area contributed by atoms with Gasteiger partial charge in [-0.2, -0.15) is 0 Å². The molecule has 0 aliphatic heterocycles. The van der Waals surface area contributed by atoms with Crippen molar-refractivity contribution in [2.45, 2.75) is 32.2 Å². The summed E-state index contributed by atoms with van der Waals surface area (Å²) in [5, 5.41) is 0. The largest absolute Gasteiger partial charge is 0.398 e. The van der Waals surface area contributed by atoms with Crippen LogP contribution in [0, 0.1) is 5.92 Å². The molecule has 2 bridgehead atoms. The monoisotopic (exact) mass is 240 g/mol. The molecule has 2 heteroatoms. The first-order valence-electron chi connectivity index (χ1n) is 6.57. The van der Waals surface area contributed by atoms with E-state index >= 15 is 0 Å². The van der Waals surface area contributed by atoms with Gasteiger partial charge in [0, 0.05) is 11.6 Å². The molecule has 0 aromatic heterocycles. The van der Waals surface area contributed by atoms with E-state index in [0.29, 0.717) is 5.92 Å².